The molecule has 0 aliphatic rings. The molecule has 0 bridgehead atoms. The summed E-state index contributed by atoms with van der Waals surface area (Å²) < 4.78 is 9.28. The number of carbonyl (C=O) groups is 1. The molecule has 0 unspecified atom stereocenters. The lowest BCUT2D eigenvalue weighted by Crippen LogP contribution is -2.44. The summed E-state index contributed by atoms with van der Waals surface area (Å²) in [4.78, 5) is 11.0. The number of carbonyl (C=O) groups excluding carboxylic acids is 1. The molecule has 0 saturated carbocycles. The predicted octanol–water partition coefficient (Wildman–Crippen LogP) is 0.0254. The monoisotopic (exact) mass is 323 g/mol. The molecule has 0 aliphatic heterocycles. The Kier molecular flexibility index (Phi) is 9.91. The Labute approximate surface area is 132 Å². The second-order valence-corrected chi connectivity index (χ2v) is 6.74. The lowest BCUT2D eigenvalue weighted by atomic mass is 9.90. The largest absolute Gasteiger partial charge is 0.633 e. The van der Waals surface area contributed by atoms with Gasteiger partial charge < -0.3 is 35.0 Å². The van der Waals surface area contributed by atoms with Crippen LogP contribution in [0.3, 0.4) is 0 Å². The Hall–Kier alpha value is -0.865. The molecule has 0 spiro atoms. The van der Waals surface area contributed by atoms with Crippen LogP contribution in [0.15, 0.2) is 0 Å². The maximum atomic E-state index is 11.0. The maximum Gasteiger partial charge on any atom is 0.633 e. The molecule has 22 heavy (non-hydrogen) atoms. The van der Waals surface area contributed by atoms with Crippen LogP contribution in [0.25, 0.3) is 0 Å². The highest BCUT2D eigenvalue weighted by Crippen LogP contribution is 2.19. The van der Waals surface area contributed by atoms with E-state index in [0.717, 1.165) is 0 Å². The molecule has 1 amide bonds. The summed E-state index contributed by atoms with van der Waals surface area (Å²) in [5.74, 6) is 0. The molecule has 0 rings (SSSR count). The molecule has 0 aromatic heterocycles. The summed E-state index contributed by atoms with van der Waals surface area (Å²) in [5, 5.41) is 37.2. The molecule has 0 heterocycles. The standard InChI is InChI=1S/C7H16BNO5.C6H14O2/c1-7(2,3)14-6(10)9-4-5-13-8(11)12;1-5(2,7)6(3,4)8/h11-12H,4-5H2,1-3H3,(H,9,10);7-8H,1-4H3. The second-order valence-electron chi connectivity index (χ2n) is 6.74. The van der Waals surface area contributed by atoms with Crippen LogP contribution >= 0.6 is 0 Å². The van der Waals surface area contributed by atoms with Crippen LogP contribution in [0, 0.1) is 0 Å². The van der Waals surface area contributed by atoms with Crippen LogP contribution in [0.1, 0.15) is 48.5 Å². The molecule has 0 aromatic rings. The Morgan fingerprint density at radius 2 is 1.41 bits per heavy atom. The number of hydrogen-bond donors (Lipinski definition) is 5. The van der Waals surface area contributed by atoms with Gasteiger partial charge in [-0.2, -0.15) is 0 Å². The fourth-order valence-corrected chi connectivity index (χ4v) is 0.632. The van der Waals surface area contributed by atoms with Gasteiger partial charge in [0.05, 0.1) is 17.8 Å². The van der Waals surface area contributed by atoms with E-state index in [4.69, 9.17) is 25.0 Å². The third-order valence-corrected chi connectivity index (χ3v) is 2.53. The van der Waals surface area contributed by atoms with E-state index in [1.165, 1.54) is 0 Å². The first-order valence-corrected chi connectivity index (χ1v) is 6.95. The molecule has 0 aliphatic carbocycles. The van der Waals surface area contributed by atoms with Crippen molar-refractivity contribution in [2.24, 2.45) is 0 Å². The zero-order valence-corrected chi connectivity index (χ0v) is 14.5. The van der Waals surface area contributed by atoms with Gasteiger partial charge in [-0.3, -0.25) is 0 Å². The smallest absolute Gasteiger partial charge is 0.444 e. The summed E-state index contributed by atoms with van der Waals surface area (Å²) in [6.07, 6.45) is -0.562. The Morgan fingerprint density at radius 3 is 1.68 bits per heavy atom. The van der Waals surface area contributed by atoms with Gasteiger partial charge in [0, 0.05) is 6.54 Å². The quantitative estimate of drug-likeness (QED) is 0.356. The van der Waals surface area contributed by atoms with E-state index in [0.29, 0.717) is 0 Å². The number of alkyl carbamates (subject to hydrolysis) is 1. The molecule has 0 fully saturated rings. The van der Waals surface area contributed by atoms with E-state index in [2.05, 4.69) is 9.97 Å². The van der Waals surface area contributed by atoms with Crippen molar-refractivity contribution in [1.82, 2.24) is 5.32 Å². The van der Waals surface area contributed by atoms with Gasteiger partial charge in [0.25, 0.3) is 0 Å². The second kappa shape index (κ2) is 9.31. The van der Waals surface area contributed by atoms with E-state index in [9.17, 15) is 4.79 Å². The molecule has 9 heteroatoms. The molecule has 132 valence electrons. The molecular formula is C13H30BNO7. The van der Waals surface area contributed by atoms with E-state index < -0.39 is 30.2 Å². The van der Waals surface area contributed by atoms with Gasteiger partial charge in [0.15, 0.2) is 0 Å². The van der Waals surface area contributed by atoms with Gasteiger partial charge in [0.1, 0.15) is 5.60 Å². The Balaban J connectivity index is 0. The molecule has 0 saturated heterocycles. The van der Waals surface area contributed by atoms with Crippen LogP contribution in [-0.4, -0.2) is 63.6 Å². The fourth-order valence-electron chi connectivity index (χ4n) is 0.632. The number of rotatable bonds is 5. The SMILES string of the molecule is CC(C)(C)OC(=O)NCCOB(O)O.CC(C)(O)C(C)(C)O. The summed E-state index contributed by atoms with van der Waals surface area (Å²) in [6.45, 7) is 11.7. The maximum absolute atomic E-state index is 11.0. The highest BCUT2D eigenvalue weighted by molar-refractivity contribution is 6.32. The molecule has 8 nitrogen and oxygen atoms in total. The van der Waals surface area contributed by atoms with Crippen molar-refractivity contribution in [3.63, 3.8) is 0 Å². The summed E-state index contributed by atoms with van der Waals surface area (Å²) in [7, 11) is -1.81. The molecule has 0 aromatic carbocycles. The van der Waals surface area contributed by atoms with Gasteiger partial charge in [0.2, 0.25) is 0 Å². The Bertz CT molecular complexity index is 304. The molecule has 0 atom stereocenters. The summed E-state index contributed by atoms with van der Waals surface area (Å²) >= 11 is 0. The van der Waals surface area contributed by atoms with Crippen LogP contribution < -0.4 is 5.32 Å². The van der Waals surface area contributed by atoms with Crippen molar-refractivity contribution in [1.29, 1.82) is 0 Å². The third-order valence-electron chi connectivity index (χ3n) is 2.53. The minimum atomic E-state index is -1.81. The highest BCUT2D eigenvalue weighted by atomic mass is 16.6. The number of amides is 1. The fraction of sp³-hybridized carbons (Fsp3) is 0.923. The molecule has 5 N–H and O–H groups in total. The van der Waals surface area contributed by atoms with Gasteiger partial charge in [-0.05, 0) is 48.5 Å². The van der Waals surface area contributed by atoms with Crippen molar-refractivity contribution < 1.29 is 34.4 Å². The first-order valence-electron chi connectivity index (χ1n) is 6.95. The average molecular weight is 323 g/mol. The number of aliphatic hydroxyl groups is 2. The van der Waals surface area contributed by atoms with Gasteiger partial charge in [-0.25, -0.2) is 4.79 Å². The summed E-state index contributed by atoms with van der Waals surface area (Å²) in [5.41, 5.74) is -2.55. The van der Waals surface area contributed by atoms with Crippen molar-refractivity contribution >= 4 is 13.4 Å². The van der Waals surface area contributed by atoms with Gasteiger partial charge >= 0.3 is 13.4 Å². The van der Waals surface area contributed by atoms with Crippen molar-refractivity contribution in [2.45, 2.75) is 65.3 Å². The summed E-state index contributed by atoms with van der Waals surface area (Å²) in [6, 6.07) is 0. The number of nitrogens with one attached hydrogen (secondary N) is 1. The third kappa shape index (κ3) is 15.5. The van der Waals surface area contributed by atoms with E-state index in [1.807, 2.05) is 0 Å². The zero-order chi connectivity index (χ0) is 18.2. The highest BCUT2D eigenvalue weighted by Gasteiger charge is 2.31. The average Bonchev–Trinajstić information content (AvgIpc) is 2.19. The van der Waals surface area contributed by atoms with E-state index >= 15 is 0 Å². The number of ether oxygens (including phenoxy) is 1. The molecule has 0 radical (unpaired) electrons. The van der Waals surface area contributed by atoms with Crippen LogP contribution in [-0.2, 0) is 9.39 Å². The molecular weight excluding hydrogens is 293 g/mol. The topological polar surface area (TPSA) is 128 Å². The van der Waals surface area contributed by atoms with E-state index in [1.54, 1.807) is 48.5 Å². The van der Waals surface area contributed by atoms with Crippen molar-refractivity contribution in [3.8, 4) is 0 Å². The normalized spacial score (nSPS) is 12.1. The first kappa shape index (κ1) is 23.4. The van der Waals surface area contributed by atoms with E-state index in [-0.39, 0.29) is 13.2 Å². The zero-order valence-electron chi connectivity index (χ0n) is 14.5. The number of hydrogen-bond acceptors (Lipinski definition) is 7. The lowest BCUT2D eigenvalue weighted by molar-refractivity contribution is -0.107. The minimum Gasteiger partial charge on any atom is -0.444 e. The Morgan fingerprint density at radius 1 is 1.00 bits per heavy atom. The van der Waals surface area contributed by atoms with Crippen LogP contribution in [0.4, 0.5) is 4.79 Å². The minimum absolute atomic E-state index is 0.0108. The van der Waals surface area contributed by atoms with Crippen LogP contribution in [0.5, 0.6) is 0 Å². The lowest BCUT2D eigenvalue weighted by Gasteiger charge is -2.31. The van der Waals surface area contributed by atoms with Gasteiger partial charge in [-0.15, -0.1) is 0 Å². The van der Waals surface area contributed by atoms with Crippen LogP contribution in [0.2, 0.25) is 0 Å². The van der Waals surface area contributed by atoms with Gasteiger partial charge in [-0.1, -0.05) is 0 Å². The van der Waals surface area contributed by atoms with Crippen molar-refractivity contribution in [2.75, 3.05) is 13.2 Å². The predicted molar refractivity (Wildman–Crippen MR) is 83.0 cm³/mol. The first-order chi connectivity index (χ1) is 9.56. The van der Waals surface area contributed by atoms with Crippen molar-refractivity contribution in [3.05, 3.63) is 0 Å².